The Hall–Kier alpha value is -3.14. The van der Waals surface area contributed by atoms with E-state index in [1.165, 1.54) is 19.3 Å². The summed E-state index contributed by atoms with van der Waals surface area (Å²) in [6.07, 6.45) is 5.80. The van der Waals surface area contributed by atoms with Gasteiger partial charge in [0.2, 0.25) is 5.89 Å². The molecule has 0 saturated carbocycles. The highest BCUT2D eigenvalue weighted by Gasteiger charge is 2.15. The van der Waals surface area contributed by atoms with Crippen LogP contribution in [-0.2, 0) is 6.42 Å². The topological polar surface area (TPSA) is 52.1 Å². The summed E-state index contributed by atoms with van der Waals surface area (Å²) in [6, 6.07) is 18.3. The molecule has 152 valence electrons. The van der Waals surface area contributed by atoms with Crippen molar-refractivity contribution in [1.82, 2.24) is 9.97 Å². The molecular weight excluding hydrogens is 372 g/mol. The summed E-state index contributed by atoms with van der Waals surface area (Å²) in [5.41, 5.74) is 4.37. The lowest BCUT2D eigenvalue weighted by Crippen LogP contribution is -2.03. The fourth-order valence-electron chi connectivity index (χ4n) is 4.12. The van der Waals surface area contributed by atoms with Crippen LogP contribution in [0.3, 0.4) is 0 Å². The van der Waals surface area contributed by atoms with Crippen molar-refractivity contribution in [2.24, 2.45) is 5.92 Å². The van der Waals surface area contributed by atoms with Crippen molar-refractivity contribution in [2.45, 2.75) is 46.0 Å². The molecule has 0 aliphatic carbocycles. The largest absolute Gasteiger partial charge is 0.441 e. The van der Waals surface area contributed by atoms with Gasteiger partial charge in [-0.05, 0) is 59.5 Å². The molecule has 3 aromatic carbocycles. The van der Waals surface area contributed by atoms with Crippen LogP contribution >= 0.6 is 0 Å². The molecule has 0 aliphatic heterocycles. The summed E-state index contributed by atoms with van der Waals surface area (Å²) < 4.78 is 12.1. The number of benzene rings is 3. The fraction of sp³-hybridized carbons (Fsp3) is 0.308. The van der Waals surface area contributed by atoms with Crippen molar-refractivity contribution in [1.29, 1.82) is 0 Å². The molecule has 0 saturated heterocycles. The van der Waals surface area contributed by atoms with Gasteiger partial charge in [0.25, 0.3) is 0 Å². The van der Waals surface area contributed by atoms with Gasteiger partial charge in [-0.15, -0.1) is 0 Å². The number of aromatic nitrogens is 2. The first-order valence-electron chi connectivity index (χ1n) is 10.9. The third-order valence-electron chi connectivity index (χ3n) is 5.92. The lowest BCUT2D eigenvalue weighted by Gasteiger charge is -2.11. The molecule has 4 nitrogen and oxygen atoms in total. The maximum absolute atomic E-state index is 6.12. The number of hydrogen-bond donors (Lipinski definition) is 0. The molecular formula is C26H26N2O2. The standard InChI is InChI=1S/C26H26N2O2/c1-3-5-9-17(4-2)12-25-27-21-13-19-16-24-22(14-20(19)15-23(21)29-25)28-26(30-24)18-10-7-6-8-11-18/h6-8,10-11,13-17H,3-5,9,12H2,1-2H3. The third kappa shape index (κ3) is 3.58. The molecule has 1 unspecified atom stereocenters. The van der Waals surface area contributed by atoms with Crippen molar-refractivity contribution >= 4 is 33.0 Å². The Labute approximate surface area is 175 Å². The first-order valence-corrected chi connectivity index (χ1v) is 10.9. The fourth-order valence-corrected chi connectivity index (χ4v) is 4.12. The van der Waals surface area contributed by atoms with Gasteiger partial charge >= 0.3 is 0 Å². The Kier molecular flexibility index (Phi) is 4.99. The summed E-state index contributed by atoms with van der Waals surface area (Å²) in [4.78, 5) is 9.46. The van der Waals surface area contributed by atoms with Gasteiger partial charge in [0, 0.05) is 12.0 Å². The van der Waals surface area contributed by atoms with Gasteiger partial charge < -0.3 is 8.83 Å². The number of rotatable bonds is 7. The highest BCUT2D eigenvalue weighted by Crippen LogP contribution is 2.31. The normalized spacial score (nSPS) is 12.9. The Morgan fingerprint density at radius 1 is 0.833 bits per heavy atom. The summed E-state index contributed by atoms with van der Waals surface area (Å²) in [5.74, 6) is 2.12. The van der Waals surface area contributed by atoms with Crippen molar-refractivity contribution in [3.05, 3.63) is 60.5 Å². The monoisotopic (exact) mass is 398 g/mol. The van der Waals surface area contributed by atoms with Crippen molar-refractivity contribution in [3.63, 3.8) is 0 Å². The first-order chi connectivity index (χ1) is 14.7. The van der Waals surface area contributed by atoms with Crippen LogP contribution < -0.4 is 0 Å². The van der Waals surface area contributed by atoms with Crippen LogP contribution in [0.5, 0.6) is 0 Å². The van der Waals surface area contributed by atoms with Gasteiger partial charge in [-0.3, -0.25) is 0 Å². The van der Waals surface area contributed by atoms with Gasteiger partial charge in [-0.25, -0.2) is 9.97 Å². The predicted octanol–water partition coefficient (Wildman–Crippen LogP) is 7.55. The number of unbranched alkanes of at least 4 members (excludes halogenated alkanes) is 1. The highest BCUT2D eigenvalue weighted by atomic mass is 16.4. The molecule has 2 aromatic heterocycles. The molecule has 5 rings (SSSR count). The summed E-state index contributed by atoms with van der Waals surface area (Å²) in [6.45, 7) is 4.49. The number of hydrogen-bond acceptors (Lipinski definition) is 4. The third-order valence-corrected chi connectivity index (χ3v) is 5.92. The smallest absolute Gasteiger partial charge is 0.227 e. The second kappa shape index (κ2) is 7.94. The average Bonchev–Trinajstić information content (AvgIpc) is 3.36. The zero-order valence-corrected chi connectivity index (χ0v) is 17.5. The summed E-state index contributed by atoms with van der Waals surface area (Å²) in [5, 5.41) is 2.17. The van der Waals surface area contributed by atoms with E-state index in [9.17, 15) is 0 Å². The quantitative estimate of drug-likeness (QED) is 0.284. The molecule has 1 atom stereocenters. The molecule has 0 spiro atoms. The zero-order chi connectivity index (χ0) is 20.5. The van der Waals surface area contributed by atoms with E-state index in [0.717, 1.165) is 57.3 Å². The van der Waals surface area contributed by atoms with E-state index in [0.29, 0.717) is 11.8 Å². The highest BCUT2D eigenvalue weighted by molar-refractivity contribution is 6.00. The molecule has 0 aliphatic rings. The minimum absolute atomic E-state index is 0.635. The van der Waals surface area contributed by atoms with Gasteiger partial charge in [0.05, 0.1) is 0 Å². The van der Waals surface area contributed by atoms with E-state index in [1.807, 2.05) is 36.4 Å². The van der Waals surface area contributed by atoms with Crippen LogP contribution in [0.15, 0.2) is 63.4 Å². The van der Waals surface area contributed by atoms with Crippen LogP contribution in [0.4, 0.5) is 0 Å². The van der Waals surface area contributed by atoms with Crippen LogP contribution in [0.2, 0.25) is 0 Å². The molecule has 0 radical (unpaired) electrons. The number of oxazole rings is 2. The van der Waals surface area contributed by atoms with Gasteiger partial charge in [-0.1, -0.05) is 51.3 Å². The molecule has 0 fully saturated rings. The molecule has 0 bridgehead atoms. The lowest BCUT2D eigenvalue weighted by molar-refractivity contribution is 0.399. The Morgan fingerprint density at radius 2 is 1.53 bits per heavy atom. The minimum atomic E-state index is 0.635. The van der Waals surface area contributed by atoms with E-state index in [1.54, 1.807) is 0 Å². The molecule has 0 N–H and O–H groups in total. The molecule has 5 aromatic rings. The maximum Gasteiger partial charge on any atom is 0.227 e. The van der Waals surface area contributed by atoms with E-state index >= 15 is 0 Å². The van der Waals surface area contributed by atoms with Crippen LogP contribution in [0, 0.1) is 5.92 Å². The Morgan fingerprint density at radius 3 is 2.23 bits per heavy atom. The van der Waals surface area contributed by atoms with Gasteiger partial charge in [0.1, 0.15) is 11.0 Å². The average molecular weight is 399 g/mol. The summed E-state index contributed by atoms with van der Waals surface area (Å²) >= 11 is 0. The molecule has 2 heterocycles. The maximum atomic E-state index is 6.12. The van der Waals surface area contributed by atoms with Gasteiger partial charge in [-0.2, -0.15) is 0 Å². The van der Waals surface area contributed by atoms with E-state index < -0.39 is 0 Å². The SMILES string of the molecule is CCCCC(CC)Cc1nc2cc3cc4oc(-c5ccccc5)nc4cc3cc2o1. The minimum Gasteiger partial charge on any atom is -0.441 e. The van der Waals surface area contributed by atoms with Crippen molar-refractivity contribution in [2.75, 3.05) is 0 Å². The second-order valence-corrected chi connectivity index (χ2v) is 8.10. The molecule has 4 heteroatoms. The van der Waals surface area contributed by atoms with Crippen molar-refractivity contribution < 1.29 is 8.83 Å². The van der Waals surface area contributed by atoms with Gasteiger partial charge in [0.15, 0.2) is 17.1 Å². The number of nitrogens with zero attached hydrogens (tertiary/aromatic N) is 2. The molecule has 30 heavy (non-hydrogen) atoms. The van der Waals surface area contributed by atoms with Crippen LogP contribution in [0.1, 0.15) is 45.4 Å². The zero-order valence-electron chi connectivity index (χ0n) is 17.5. The van der Waals surface area contributed by atoms with E-state index in [-0.39, 0.29) is 0 Å². The first kappa shape index (κ1) is 18.9. The van der Waals surface area contributed by atoms with Crippen LogP contribution in [-0.4, -0.2) is 9.97 Å². The predicted molar refractivity (Wildman–Crippen MR) is 122 cm³/mol. The number of fused-ring (bicyclic) bond motifs is 3. The van der Waals surface area contributed by atoms with E-state index in [2.05, 4.69) is 37.0 Å². The van der Waals surface area contributed by atoms with Crippen LogP contribution in [0.25, 0.3) is 44.4 Å². The lowest BCUT2D eigenvalue weighted by atomic mass is 9.96. The van der Waals surface area contributed by atoms with E-state index in [4.69, 9.17) is 13.8 Å². The Balaban J connectivity index is 1.50. The summed E-state index contributed by atoms with van der Waals surface area (Å²) in [7, 11) is 0. The van der Waals surface area contributed by atoms with Crippen molar-refractivity contribution in [3.8, 4) is 11.5 Å². The Bertz CT molecular complexity index is 1230. The molecule has 0 amide bonds. The second-order valence-electron chi connectivity index (χ2n) is 8.10.